The van der Waals surface area contributed by atoms with Gasteiger partial charge in [-0.2, -0.15) is 0 Å². The third-order valence-electron chi connectivity index (χ3n) is 5.33. The Labute approximate surface area is 182 Å². The van der Waals surface area contributed by atoms with Gasteiger partial charge in [-0.15, -0.1) is 0 Å². The highest BCUT2D eigenvalue weighted by molar-refractivity contribution is 5.88. The molecular formula is C21H35N3O7. The number of nitrogens with one attached hydrogen (secondary N) is 1. The minimum Gasteiger partial charge on any atom is -0.480 e. The van der Waals surface area contributed by atoms with Crippen LogP contribution in [0.1, 0.15) is 44.1 Å². The standard InChI is InChI=1S/C21H31N3O5.2H2O/c22-13-5-4-9-16(19(25)24-14-6-10-18(24)21(28)29)23-17(20(26)27)12-11-15-7-2-1-3-8-15;;/h1-3,7-8,16-18,23H,4-6,9-14,22H2,(H,26,27)(H,28,29);2*1H2/t16-,17-,18-;;/m0../s1. The van der Waals surface area contributed by atoms with Crippen molar-refractivity contribution in [3.63, 3.8) is 0 Å². The summed E-state index contributed by atoms with van der Waals surface area (Å²) >= 11 is 0. The minimum atomic E-state index is -1.02. The summed E-state index contributed by atoms with van der Waals surface area (Å²) in [4.78, 5) is 37.7. The topological polar surface area (TPSA) is 196 Å². The number of unbranched alkanes of at least 4 members (excludes halogenated alkanes) is 1. The van der Waals surface area contributed by atoms with E-state index in [9.17, 15) is 24.6 Å². The number of amides is 1. The Morgan fingerprint density at radius 3 is 2.32 bits per heavy atom. The number of carboxylic acids is 2. The SMILES string of the molecule is NCCCC[C@H](N[C@@H](CCc1ccccc1)C(=O)O)C(=O)N1CCC[C@H]1C(=O)O.O.O. The van der Waals surface area contributed by atoms with E-state index in [1.54, 1.807) is 0 Å². The average molecular weight is 442 g/mol. The lowest BCUT2D eigenvalue weighted by Crippen LogP contribution is -2.54. The van der Waals surface area contributed by atoms with Gasteiger partial charge < -0.3 is 31.8 Å². The Balaban J connectivity index is 0.00000450. The third kappa shape index (κ3) is 8.62. The fourth-order valence-corrected chi connectivity index (χ4v) is 3.73. The van der Waals surface area contributed by atoms with Gasteiger partial charge in [-0.1, -0.05) is 36.8 Å². The highest BCUT2D eigenvalue weighted by atomic mass is 16.4. The van der Waals surface area contributed by atoms with Crippen LogP contribution >= 0.6 is 0 Å². The molecule has 2 rings (SSSR count). The lowest BCUT2D eigenvalue weighted by molar-refractivity contribution is -0.149. The molecule has 1 amide bonds. The molecule has 1 aromatic rings. The Kier molecular flexibility index (Phi) is 13.3. The molecule has 31 heavy (non-hydrogen) atoms. The molecule has 1 heterocycles. The zero-order valence-corrected chi connectivity index (χ0v) is 17.6. The molecule has 0 radical (unpaired) electrons. The maximum atomic E-state index is 13.1. The molecule has 10 nitrogen and oxygen atoms in total. The van der Waals surface area contributed by atoms with E-state index in [2.05, 4.69) is 5.32 Å². The largest absolute Gasteiger partial charge is 0.480 e. The zero-order chi connectivity index (χ0) is 21.2. The van der Waals surface area contributed by atoms with E-state index in [1.165, 1.54) is 4.90 Å². The van der Waals surface area contributed by atoms with Crippen molar-refractivity contribution in [3.05, 3.63) is 35.9 Å². The summed E-state index contributed by atoms with van der Waals surface area (Å²) in [5.41, 5.74) is 6.57. The predicted octanol–water partition coefficient (Wildman–Crippen LogP) is -0.414. The van der Waals surface area contributed by atoms with Gasteiger partial charge >= 0.3 is 11.9 Å². The van der Waals surface area contributed by atoms with E-state index in [4.69, 9.17) is 5.73 Å². The molecule has 0 bridgehead atoms. The first-order valence-corrected chi connectivity index (χ1v) is 10.2. The number of carboxylic acid groups (broad SMARTS) is 2. The lowest BCUT2D eigenvalue weighted by Gasteiger charge is -2.29. The summed E-state index contributed by atoms with van der Waals surface area (Å²) in [6.07, 6.45) is 3.76. The molecule has 176 valence electrons. The molecule has 1 aliphatic heterocycles. The first-order chi connectivity index (χ1) is 13.9. The average Bonchev–Trinajstić information content (AvgIpc) is 3.20. The molecule has 1 fully saturated rings. The van der Waals surface area contributed by atoms with E-state index in [0.717, 1.165) is 12.0 Å². The summed E-state index contributed by atoms with van der Waals surface area (Å²) in [7, 11) is 0. The van der Waals surface area contributed by atoms with Crippen molar-refractivity contribution >= 4 is 17.8 Å². The van der Waals surface area contributed by atoms with E-state index in [-0.39, 0.29) is 16.9 Å². The van der Waals surface area contributed by atoms with Gasteiger partial charge in [0, 0.05) is 6.54 Å². The molecular weight excluding hydrogens is 406 g/mol. The molecule has 0 spiro atoms. The van der Waals surface area contributed by atoms with Crippen LogP contribution < -0.4 is 11.1 Å². The molecule has 0 unspecified atom stereocenters. The van der Waals surface area contributed by atoms with E-state index in [0.29, 0.717) is 51.6 Å². The van der Waals surface area contributed by atoms with E-state index >= 15 is 0 Å². The first-order valence-electron chi connectivity index (χ1n) is 10.2. The number of carbonyl (C=O) groups excluding carboxylic acids is 1. The second-order valence-corrected chi connectivity index (χ2v) is 7.45. The van der Waals surface area contributed by atoms with Crippen LogP contribution in [-0.2, 0) is 20.8 Å². The Morgan fingerprint density at radius 2 is 1.74 bits per heavy atom. The van der Waals surface area contributed by atoms with Crippen LogP contribution in [0.25, 0.3) is 0 Å². The van der Waals surface area contributed by atoms with Crippen molar-refractivity contribution < 1.29 is 35.5 Å². The molecule has 1 saturated heterocycles. The lowest BCUT2D eigenvalue weighted by atomic mass is 10.0. The van der Waals surface area contributed by atoms with Crippen LogP contribution in [0.15, 0.2) is 30.3 Å². The zero-order valence-electron chi connectivity index (χ0n) is 17.6. The molecule has 0 aromatic heterocycles. The van der Waals surface area contributed by atoms with Crippen molar-refractivity contribution in [1.82, 2.24) is 10.2 Å². The molecule has 1 aliphatic rings. The van der Waals surface area contributed by atoms with Gasteiger partial charge in [0.2, 0.25) is 5.91 Å². The summed E-state index contributed by atoms with van der Waals surface area (Å²) in [6, 6.07) is 7.10. The number of nitrogens with zero attached hydrogens (tertiary/aromatic N) is 1. The van der Waals surface area contributed by atoms with Gasteiger partial charge in [0.1, 0.15) is 12.1 Å². The Morgan fingerprint density at radius 1 is 1.06 bits per heavy atom. The normalized spacial score (nSPS) is 17.2. The van der Waals surface area contributed by atoms with E-state index < -0.39 is 30.1 Å². The van der Waals surface area contributed by atoms with Gasteiger partial charge in [-0.05, 0) is 50.6 Å². The number of rotatable bonds is 12. The van der Waals surface area contributed by atoms with Gasteiger partial charge in [0.25, 0.3) is 0 Å². The molecule has 0 aliphatic carbocycles. The monoisotopic (exact) mass is 441 g/mol. The molecule has 9 N–H and O–H groups in total. The van der Waals surface area contributed by atoms with Crippen LogP contribution in [0.2, 0.25) is 0 Å². The molecule has 0 saturated carbocycles. The molecule has 1 aromatic carbocycles. The highest BCUT2D eigenvalue weighted by Gasteiger charge is 2.38. The predicted molar refractivity (Wildman–Crippen MR) is 116 cm³/mol. The highest BCUT2D eigenvalue weighted by Crippen LogP contribution is 2.20. The first kappa shape index (κ1) is 28.5. The number of benzene rings is 1. The van der Waals surface area contributed by atoms with Crippen LogP contribution in [0.4, 0.5) is 0 Å². The quantitative estimate of drug-likeness (QED) is 0.316. The van der Waals surface area contributed by atoms with Crippen LogP contribution in [-0.4, -0.2) is 75.1 Å². The number of hydrogen-bond acceptors (Lipinski definition) is 5. The van der Waals surface area contributed by atoms with Gasteiger partial charge in [-0.25, -0.2) is 4.79 Å². The number of hydrogen-bond donors (Lipinski definition) is 4. The number of aryl methyl sites for hydroxylation is 1. The van der Waals surface area contributed by atoms with Crippen molar-refractivity contribution in [1.29, 1.82) is 0 Å². The summed E-state index contributed by atoms with van der Waals surface area (Å²) in [5, 5.41) is 22.0. The van der Waals surface area contributed by atoms with Gasteiger partial charge in [0.05, 0.1) is 6.04 Å². The second-order valence-electron chi connectivity index (χ2n) is 7.45. The number of carbonyl (C=O) groups is 3. The van der Waals surface area contributed by atoms with E-state index in [1.807, 2.05) is 30.3 Å². The van der Waals surface area contributed by atoms with Gasteiger partial charge in [-0.3, -0.25) is 14.9 Å². The molecule has 3 atom stereocenters. The number of likely N-dealkylation sites (tertiary alicyclic amines) is 1. The van der Waals surface area contributed by atoms with Crippen molar-refractivity contribution in [2.45, 2.75) is 63.1 Å². The van der Waals surface area contributed by atoms with Gasteiger partial charge in [0.15, 0.2) is 0 Å². The Hall–Kier alpha value is -2.53. The summed E-state index contributed by atoms with van der Waals surface area (Å²) in [5.74, 6) is -2.37. The van der Waals surface area contributed by atoms with Crippen LogP contribution in [0.3, 0.4) is 0 Å². The minimum absolute atomic E-state index is 0. The second kappa shape index (κ2) is 14.5. The van der Waals surface area contributed by atoms with Crippen LogP contribution in [0.5, 0.6) is 0 Å². The Bertz CT molecular complexity index is 687. The summed E-state index contributed by atoms with van der Waals surface area (Å²) < 4.78 is 0. The van der Waals surface area contributed by atoms with Crippen LogP contribution in [0, 0.1) is 0 Å². The van der Waals surface area contributed by atoms with Crippen molar-refractivity contribution in [3.8, 4) is 0 Å². The maximum Gasteiger partial charge on any atom is 0.326 e. The number of aliphatic carboxylic acids is 2. The number of nitrogens with two attached hydrogens (primary N) is 1. The fourth-order valence-electron chi connectivity index (χ4n) is 3.73. The smallest absolute Gasteiger partial charge is 0.326 e. The maximum absolute atomic E-state index is 13.1. The van der Waals surface area contributed by atoms with Crippen molar-refractivity contribution in [2.75, 3.05) is 13.1 Å². The molecule has 10 heteroatoms. The summed E-state index contributed by atoms with van der Waals surface area (Å²) in [6.45, 7) is 0.866. The van der Waals surface area contributed by atoms with Crippen molar-refractivity contribution in [2.24, 2.45) is 5.73 Å². The third-order valence-corrected chi connectivity index (χ3v) is 5.33. The fraction of sp³-hybridized carbons (Fsp3) is 0.571.